The number of rotatable bonds is 5. The lowest BCUT2D eigenvalue weighted by Gasteiger charge is -2.33. The van der Waals surface area contributed by atoms with Crippen LogP contribution >= 0.6 is 22.9 Å². The smallest absolute Gasteiger partial charge is 0.471 e. The summed E-state index contributed by atoms with van der Waals surface area (Å²) in [6.07, 6.45) is -3.41. The van der Waals surface area contributed by atoms with E-state index in [4.69, 9.17) is 21.1 Å². The molecule has 1 aliphatic heterocycles. The Bertz CT molecular complexity index is 1280. The molecule has 1 amide bonds. The van der Waals surface area contributed by atoms with Crippen LogP contribution in [0.15, 0.2) is 24.5 Å². The van der Waals surface area contributed by atoms with E-state index >= 15 is 0 Å². The summed E-state index contributed by atoms with van der Waals surface area (Å²) in [5.41, 5.74) is 1.10. The molecule has 0 unspecified atom stereocenters. The highest BCUT2D eigenvalue weighted by Crippen LogP contribution is 2.38. The van der Waals surface area contributed by atoms with Crippen LogP contribution in [0.25, 0.3) is 10.2 Å². The van der Waals surface area contributed by atoms with E-state index in [0.717, 1.165) is 4.90 Å². The Balaban J connectivity index is 1.62. The quantitative estimate of drug-likeness (QED) is 0.460. The number of nitrogens with one attached hydrogen (secondary N) is 1. The zero-order chi connectivity index (χ0) is 25.3. The molecule has 4 rings (SSSR count). The van der Waals surface area contributed by atoms with Crippen LogP contribution in [0, 0.1) is 6.92 Å². The largest absolute Gasteiger partial charge is 0.486 e. The van der Waals surface area contributed by atoms with Crippen molar-refractivity contribution < 1.29 is 32.2 Å². The molecule has 0 spiro atoms. The Morgan fingerprint density at radius 1 is 1.29 bits per heavy atom. The van der Waals surface area contributed by atoms with E-state index in [1.54, 1.807) is 19.1 Å². The Labute approximate surface area is 207 Å². The van der Waals surface area contributed by atoms with Crippen molar-refractivity contribution in [1.82, 2.24) is 14.9 Å². The van der Waals surface area contributed by atoms with Crippen molar-refractivity contribution in [3.8, 4) is 5.75 Å². The molecule has 1 aromatic carbocycles. The molecule has 0 bridgehead atoms. The number of piperidine rings is 1. The molecular formula is C22H20ClF3N4O4S. The van der Waals surface area contributed by atoms with Crippen molar-refractivity contribution in [2.24, 2.45) is 0 Å². The van der Waals surface area contributed by atoms with Crippen LogP contribution < -0.4 is 10.1 Å². The maximum atomic E-state index is 12.9. The number of methoxy groups -OCH3 is 1. The fraction of sp³-hybridized carbons (Fsp3) is 0.364. The number of likely N-dealkylation sites (tertiary alicyclic amines) is 1. The van der Waals surface area contributed by atoms with Crippen molar-refractivity contribution in [2.75, 3.05) is 25.5 Å². The van der Waals surface area contributed by atoms with Gasteiger partial charge in [-0.1, -0.05) is 11.6 Å². The van der Waals surface area contributed by atoms with Gasteiger partial charge in [0.2, 0.25) is 0 Å². The number of benzene rings is 1. The molecule has 1 atom stereocenters. The molecule has 0 aliphatic carbocycles. The number of anilines is 2. The summed E-state index contributed by atoms with van der Waals surface area (Å²) in [7, 11) is 1.29. The van der Waals surface area contributed by atoms with Gasteiger partial charge in [-0.15, -0.1) is 11.3 Å². The van der Waals surface area contributed by atoms with Crippen LogP contribution in [0.3, 0.4) is 0 Å². The lowest BCUT2D eigenvalue weighted by molar-refractivity contribution is -0.187. The number of carbonyl (C=O) groups is 2. The van der Waals surface area contributed by atoms with E-state index in [9.17, 15) is 22.8 Å². The van der Waals surface area contributed by atoms with Gasteiger partial charge in [0.25, 0.3) is 0 Å². The first-order valence-electron chi connectivity index (χ1n) is 10.5. The van der Waals surface area contributed by atoms with Crippen molar-refractivity contribution in [3.05, 3.63) is 40.0 Å². The predicted octanol–water partition coefficient (Wildman–Crippen LogP) is 5.12. The predicted molar refractivity (Wildman–Crippen MR) is 125 cm³/mol. The van der Waals surface area contributed by atoms with E-state index in [1.165, 1.54) is 30.8 Å². The number of halogens is 4. The molecule has 0 radical (unpaired) electrons. The van der Waals surface area contributed by atoms with E-state index < -0.39 is 24.2 Å². The second kappa shape index (κ2) is 9.86. The van der Waals surface area contributed by atoms with Crippen molar-refractivity contribution >= 4 is 56.5 Å². The highest BCUT2D eigenvalue weighted by molar-refractivity contribution is 7.20. The minimum Gasteiger partial charge on any atom is -0.486 e. The van der Waals surface area contributed by atoms with Gasteiger partial charge in [0, 0.05) is 17.6 Å². The minimum atomic E-state index is -4.94. The Morgan fingerprint density at radius 3 is 2.77 bits per heavy atom. The molecular weight excluding hydrogens is 509 g/mol. The number of alkyl halides is 3. The topological polar surface area (TPSA) is 93.7 Å². The fourth-order valence-corrected chi connectivity index (χ4v) is 5.08. The van der Waals surface area contributed by atoms with E-state index in [0.29, 0.717) is 50.0 Å². The highest BCUT2D eigenvalue weighted by atomic mass is 35.5. The number of hydrogen-bond acceptors (Lipinski definition) is 8. The zero-order valence-corrected chi connectivity index (χ0v) is 20.2. The van der Waals surface area contributed by atoms with Crippen molar-refractivity contribution in [1.29, 1.82) is 0 Å². The van der Waals surface area contributed by atoms with Crippen LogP contribution in [0.1, 0.15) is 28.1 Å². The SMILES string of the molecule is COC(=O)c1sc2ncnc(Nc3ccc(Cl)cc3O[C@H]3CCCN(C(=O)C(F)(F)F)C3)c2c1C. The third kappa shape index (κ3) is 5.27. The maximum Gasteiger partial charge on any atom is 0.471 e. The number of esters is 1. The van der Waals surface area contributed by atoms with Crippen LogP contribution in [-0.4, -0.2) is 59.2 Å². The minimum absolute atomic E-state index is 0.0116. The van der Waals surface area contributed by atoms with Crippen LogP contribution in [0.2, 0.25) is 5.02 Å². The van der Waals surface area contributed by atoms with Gasteiger partial charge in [-0.05, 0) is 37.5 Å². The van der Waals surface area contributed by atoms with Crippen LogP contribution in [0.4, 0.5) is 24.7 Å². The van der Waals surface area contributed by atoms with Crippen LogP contribution in [-0.2, 0) is 9.53 Å². The van der Waals surface area contributed by atoms with Gasteiger partial charge in [-0.2, -0.15) is 13.2 Å². The number of amides is 1. The number of aryl methyl sites for hydroxylation is 1. The number of carbonyl (C=O) groups excluding carboxylic acids is 2. The number of aromatic nitrogens is 2. The highest BCUT2D eigenvalue weighted by Gasteiger charge is 2.44. The molecule has 1 fully saturated rings. The summed E-state index contributed by atoms with van der Waals surface area (Å²) in [6.45, 7) is 1.57. The summed E-state index contributed by atoms with van der Waals surface area (Å²) >= 11 is 7.33. The monoisotopic (exact) mass is 528 g/mol. The zero-order valence-electron chi connectivity index (χ0n) is 18.6. The first-order chi connectivity index (χ1) is 16.6. The number of thiophene rings is 1. The van der Waals surface area contributed by atoms with Gasteiger partial charge in [0.1, 0.15) is 33.7 Å². The van der Waals surface area contributed by atoms with Gasteiger partial charge in [0.15, 0.2) is 0 Å². The van der Waals surface area contributed by atoms with Crippen LogP contribution in [0.5, 0.6) is 5.75 Å². The normalized spacial score (nSPS) is 16.3. The number of ether oxygens (including phenoxy) is 2. The molecule has 186 valence electrons. The Kier molecular flexibility index (Phi) is 7.04. The molecule has 1 saturated heterocycles. The lowest BCUT2D eigenvalue weighted by Crippen LogP contribution is -2.49. The van der Waals surface area contributed by atoms with E-state index in [2.05, 4.69) is 15.3 Å². The molecule has 13 heteroatoms. The van der Waals surface area contributed by atoms with E-state index in [1.807, 2.05) is 0 Å². The average Bonchev–Trinajstić information content (AvgIpc) is 3.16. The third-order valence-corrected chi connectivity index (χ3v) is 6.91. The Hall–Kier alpha value is -3.12. The van der Waals surface area contributed by atoms with E-state index in [-0.39, 0.29) is 18.8 Å². The summed E-state index contributed by atoms with van der Waals surface area (Å²) in [5, 5.41) is 4.14. The van der Waals surface area contributed by atoms with Crippen molar-refractivity contribution in [2.45, 2.75) is 32.0 Å². The summed E-state index contributed by atoms with van der Waals surface area (Å²) in [4.78, 5) is 34.0. The molecule has 2 aromatic heterocycles. The number of nitrogens with zero attached hydrogens (tertiary/aromatic N) is 3. The maximum absolute atomic E-state index is 12.9. The second-order valence-corrected chi connectivity index (χ2v) is 9.28. The van der Waals surface area contributed by atoms with Gasteiger partial charge in [-0.25, -0.2) is 14.8 Å². The van der Waals surface area contributed by atoms with Gasteiger partial charge >= 0.3 is 18.1 Å². The van der Waals surface area contributed by atoms with Crippen molar-refractivity contribution in [3.63, 3.8) is 0 Å². The fourth-order valence-electron chi connectivity index (χ4n) is 3.86. The lowest BCUT2D eigenvalue weighted by atomic mass is 10.1. The second-order valence-electron chi connectivity index (χ2n) is 7.85. The Morgan fingerprint density at radius 2 is 2.06 bits per heavy atom. The molecule has 1 aliphatic rings. The number of hydrogen-bond donors (Lipinski definition) is 1. The molecule has 8 nitrogen and oxygen atoms in total. The average molecular weight is 529 g/mol. The molecule has 1 N–H and O–H groups in total. The number of fused-ring (bicyclic) bond motifs is 1. The third-order valence-electron chi connectivity index (χ3n) is 5.50. The first kappa shape index (κ1) is 25.0. The first-order valence-corrected chi connectivity index (χ1v) is 11.7. The summed E-state index contributed by atoms with van der Waals surface area (Å²) in [6, 6.07) is 4.80. The summed E-state index contributed by atoms with van der Waals surface area (Å²) < 4.78 is 49.5. The molecule has 35 heavy (non-hydrogen) atoms. The van der Waals surface area contributed by atoms with Gasteiger partial charge in [0.05, 0.1) is 24.7 Å². The van der Waals surface area contributed by atoms with Gasteiger partial charge < -0.3 is 19.7 Å². The summed E-state index contributed by atoms with van der Waals surface area (Å²) in [5.74, 6) is -1.67. The molecule has 3 aromatic rings. The van der Waals surface area contributed by atoms with Gasteiger partial charge in [-0.3, -0.25) is 4.79 Å². The standard InChI is InChI=1S/C22H20ClF3N4O4S/c1-11-16-18(27-10-28-19(16)35-17(11)20(31)33-2)29-14-6-5-12(23)8-15(14)34-13-4-3-7-30(9-13)21(32)22(24,25)26/h5-6,8,10,13H,3-4,7,9H2,1-2H3,(H,27,28,29)/t13-/m0/s1. The molecule has 3 heterocycles. The molecule has 0 saturated carbocycles.